The SMILES string of the molecule is CC1(C)OC[C@H](CCOc2ccc(F)c([C@H](O)CN(Cc3ccccc3)Cc3ccccc3)c2)O1. The molecule has 1 saturated heterocycles. The first-order valence-electron chi connectivity index (χ1n) is 12.1. The quantitative estimate of drug-likeness (QED) is 0.395. The van der Waals surface area contributed by atoms with Gasteiger partial charge in [0, 0.05) is 31.6 Å². The fraction of sp³-hybridized carbons (Fsp3) is 0.379. The van der Waals surface area contributed by atoms with Crippen molar-refractivity contribution >= 4 is 0 Å². The van der Waals surface area contributed by atoms with Crippen LogP contribution in [0.15, 0.2) is 78.9 Å². The van der Waals surface area contributed by atoms with Crippen LogP contribution in [0.5, 0.6) is 5.75 Å². The second-order valence-electron chi connectivity index (χ2n) is 9.43. The number of aliphatic hydroxyl groups excluding tert-OH is 1. The number of hydrogen-bond donors (Lipinski definition) is 1. The Labute approximate surface area is 207 Å². The van der Waals surface area contributed by atoms with E-state index in [1.54, 1.807) is 12.1 Å². The Morgan fingerprint density at radius 3 is 2.20 bits per heavy atom. The van der Waals surface area contributed by atoms with E-state index < -0.39 is 17.7 Å². The Balaban J connectivity index is 1.40. The Bertz CT molecular complexity index is 1020. The van der Waals surface area contributed by atoms with Gasteiger partial charge in [0.25, 0.3) is 0 Å². The zero-order valence-electron chi connectivity index (χ0n) is 20.4. The van der Waals surface area contributed by atoms with Crippen LogP contribution in [-0.2, 0) is 22.6 Å². The molecule has 1 aliphatic rings. The van der Waals surface area contributed by atoms with Gasteiger partial charge in [-0.05, 0) is 43.2 Å². The van der Waals surface area contributed by atoms with Crippen molar-refractivity contribution in [1.82, 2.24) is 4.90 Å². The molecule has 0 spiro atoms. The van der Waals surface area contributed by atoms with Gasteiger partial charge >= 0.3 is 0 Å². The van der Waals surface area contributed by atoms with E-state index in [2.05, 4.69) is 29.2 Å². The molecule has 0 saturated carbocycles. The minimum atomic E-state index is -1.00. The minimum Gasteiger partial charge on any atom is -0.493 e. The van der Waals surface area contributed by atoms with E-state index >= 15 is 0 Å². The molecule has 0 bridgehead atoms. The molecule has 1 aliphatic heterocycles. The summed E-state index contributed by atoms with van der Waals surface area (Å²) in [7, 11) is 0. The number of halogens is 1. The molecule has 1 N–H and O–H groups in total. The molecule has 35 heavy (non-hydrogen) atoms. The summed E-state index contributed by atoms with van der Waals surface area (Å²) < 4.78 is 31.9. The smallest absolute Gasteiger partial charge is 0.163 e. The van der Waals surface area contributed by atoms with Gasteiger partial charge in [0.05, 0.1) is 25.4 Å². The lowest BCUT2D eigenvalue weighted by Gasteiger charge is -2.26. The van der Waals surface area contributed by atoms with Gasteiger partial charge in [-0.3, -0.25) is 4.90 Å². The molecule has 186 valence electrons. The largest absolute Gasteiger partial charge is 0.493 e. The molecule has 4 rings (SSSR count). The van der Waals surface area contributed by atoms with Crippen LogP contribution in [0, 0.1) is 5.82 Å². The van der Waals surface area contributed by atoms with E-state index in [0.717, 1.165) is 11.1 Å². The zero-order chi connectivity index (χ0) is 24.7. The Morgan fingerprint density at radius 2 is 1.63 bits per heavy atom. The van der Waals surface area contributed by atoms with Crippen molar-refractivity contribution in [1.29, 1.82) is 0 Å². The molecule has 2 atom stereocenters. The molecule has 6 heteroatoms. The first-order valence-corrected chi connectivity index (χ1v) is 12.1. The minimum absolute atomic E-state index is 0.0277. The van der Waals surface area contributed by atoms with Gasteiger partial charge in [0.2, 0.25) is 0 Å². The summed E-state index contributed by atoms with van der Waals surface area (Å²) in [5.41, 5.74) is 2.50. The molecule has 0 aromatic heterocycles. The number of hydrogen-bond acceptors (Lipinski definition) is 5. The van der Waals surface area contributed by atoms with Crippen molar-refractivity contribution in [3.63, 3.8) is 0 Å². The predicted octanol–water partition coefficient (Wildman–Crippen LogP) is 5.48. The van der Waals surface area contributed by atoms with Crippen molar-refractivity contribution in [2.24, 2.45) is 0 Å². The van der Waals surface area contributed by atoms with Crippen molar-refractivity contribution in [3.8, 4) is 5.75 Å². The van der Waals surface area contributed by atoms with Gasteiger partial charge in [-0.1, -0.05) is 60.7 Å². The van der Waals surface area contributed by atoms with Crippen molar-refractivity contribution in [2.45, 2.75) is 51.4 Å². The summed E-state index contributed by atoms with van der Waals surface area (Å²) in [4.78, 5) is 2.13. The monoisotopic (exact) mass is 479 g/mol. The first kappa shape index (κ1) is 25.3. The maximum absolute atomic E-state index is 14.7. The molecule has 3 aromatic carbocycles. The van der Waals surface area contributed by atoms with Crippen LogP contribution in [0.3, 0.4) is 0 Å². The summed E-state index contributed by atoms with van der Waals surface area (Å²) in [5, 5.41) is 11.0. The van der Waals surface area contributed by atoms with Gasteiger partial charge in [0.1, 0.15) is 11.6 Å². The summed E-state index contributed by atoms with van der Waals surface area (Å²) in [6.45, 7) is 6.30. The number of aliphatic hydroxyl groups is 1. The maximum atomic E-state index is 14.7. The molecule has 5 nitrogen and oxygen atoms in total. The van der Waals surface area contributed by atoms with Crippen LogP contribution in [0.4, 0.5) is 4.39 Å². The van der Waals surface area contributed by atoms with Gasteiger partial charge < -0.3 is 19.3 Å². The normalized spacial score (nSPS) is 18.0. The van der Waals surface area contributed by atoms with E-state index in [1.807, 2.05) is 50.2 Å². The Hall–Kier alpha value is -2.77. The molecule has 1 heterocycles. The second kappa shape index (κ2) is 11.8. The standard InChI is InChI=1S/C29H34FNO4/c1-29(2)34-21-25(35-29)15-16-33-24-13-14-27(30)26(17-24)28(32)20-31(18-22-9-5-3-6-10-22)19-23-11-7-4-8-12-23/h3-14,17,25,28,32H,15-16,18-21H2,1-2H3/t25-,28+/m0/s1. The lowest BCUT2D eigenvalue weighted by Crippen LogP contribution is -2.28. The summed E-state index contributed by atoms with van der Waals surface area (Å²) >= 11 is 0. The van der Waals surface area contributed by atoms with Crippen LogP contribution in [-0.4, -0.2) is 41.7 Å². The number of nitrogens with zero attached hydrogens (tertiary/aromatic N) is 1. The third-order valence-electron chi connectivity index (χ3n) is 6.03. The molecule has 0 aliphatic carbocycles. The molecule has 3 aromatic rings. The maximum Gasteiger partial charge on any atom is 0.163 e. The predicted molar refractivity (Wildman–Crippen MR) is 133 cm³/mol. The van der Waals surface area contributed by atoms with Crippen LogP contribution in [0.25, 0.3) is 0 Å². The molecule has 0 amide bonds. The third kappa shape index (κ3) is 7.61. The molecule has 0 radical (unpaired) electrons. The van der Waals surface area contributed by atoms with Gasteiger partial charge in [-0.25, -0.2) is 4.39 Å². The highest BCUT2D eigenvalue weighted by molar-refractivity contribution is 5.31. The highest BCUT2D eigenvalue weighted by Crippen LogP contribution is 2.27. The average molecular weight is 480 g/mol. The van der Waals surface area contributed by atoms with Crippen LogP contribution in [0.2, 0.25) is 0 Å². The average Bonchev–Trinajstić information content (AvgIpc) is 3.19. The lowest BCUT2D eigenvalue weighted by atomic mass is 10.1. The molecule has 0 unspecified atom stereocenters. The molecular weight excluding hydrogens is 445 g/mol. The van der Waals surface area contributed by atoms with E-state index in [-0.39, 0.29) is 18.2 Å². The Morgan fingerprint density at radius 1 is 1.00 bits per heavy atom. The summed E-state index contributed by atoms with van der Waals surface area (Å²) in [6, 6.07) is 24.7. The lowest BCUT2D eigenvalue weighted by molar-refractivity contribution is -0.139. The molecular formula is C29H34FNO4. The van der Waals surface area contributed by atoms with Crippen molar-refractivity contribution < 1.29 is 23.7 Å². The fourth-order valence-corrected chi connectivity index (χ4v) is 4.29. The summed E-state index contributed by atoms with van der Waals surface area (Å²) in [6.07, 6.45) is -0.362. The topological polar surface area (TPSA) is 51.2 Å². The highest BCUT2D eigenvalue weighted by Gasteiger charge is 2.32. The fourth-order valence-electron chi connectivity index (χ4n) is 4.29. The number of rotatable bonds is 11. The number of benzene rings is 3. The van der Waals surface area contributed by atoms with E-state index in [1.165, 1.54) is 6.07 Å². The number of ether oxygens (including phenoxy) is 3. The molecule has 1 fully saturated rings. The summed E-state index contributed by atoms with van der Waals surface area (Å²) in [5.74, 6) is -0.488. The van der Waals surface area contributed by atoms with Gasteiger partial charge in [0.15, 0.2) is 5.79 Å². The van der Waals surface area contributed by atoms with Gasteiger partial charge in [-0.2, -0.15) is 0 Å². The van der Waals surface area contributed by atoms with E-state index in [4.69, 9.17) is 14.2 Å². The van der Waals surface area contributed by atoms with E-state index in [9.17, 15) is 9.50 Å². The third-order valence-corrected chi connectivity index (χ3v) is 6.03. The first-order chi connectivity index (χ1) is 16.9. The second-order valence-corrected chi connectivity index (χ2v) is 9.43. The van der Waals surface area contributed by atoms with Crippen molar-refractivity contribution in [3.05, 3.63) is 101 Å². The van der Waals surface area contributed by atoms with Crippen molar-refractivity contribution in [2.75, 3.05) is 19.8 Å². The highest BCUT2D eigenvalue weighted by atomic mass is 19.1. The van der Waals surface area contributed by atoms with Crippen LogP contribution >= 0.6 is 0 Å². The van der Waals surface area contributed by atoms with Gasteiger partial charge in [-0.15, -0.1) is 0 Å². The van der Waals surface area contributed by atoms with Crippen LogP contribution < -0.4 is 4.74 Å². The Kier molecular flexibility index (Phi) is 8.52. The zero-order valence-corrected chi connectivity index (χ0v) is 20.4. The van der Waals surface area contributed by atoms with Crippen LogP contribution in [0.1, 0.15) is 43.1 Å². The van der Waals surface area contributed by atoms with E-state index in [0.29, 0.717) is 38.5 Å².